The Kier molecular flexibility index (Phi) is 6.06. The van der Waals surface area contributed by atoms with Gasteiger partial charge in [0, 0.05) is 19.5 Å². The van der Waals surface area contributed by atoms with Crippen molar-refractivity contribution in [2.24, 2.45) is 0 Å². The molecule has 1 aliphatic heterocycles. The Bertz CT molecular complexity index is 723. The Labute approximate surface area is 158 Å². The smallest absolute Gasteiger partial charge is 0.262 e. The van der Waals surface area contributed by atoms with Crippen molar-refractivity contribution in [2.45, 2.75) is 38.5 Å². The lowest BCUT2D eigenvalue weighted by Gasteiger charge is -2.37. The molecule has 0 spiro atoms. The van der Waals surface area contributed by atoms with Gasteiger partial charge in [-0.15, -0.1) is 11.3 Å². The maximum atomic E-state index is 13.2. The maximum Gasteiger partial charge on any atom is 0.262 e. The topological polar surface area (TPSA) is 58.6 Å². The highest BCUT2D eigenvalue weighted by atomic mass is 32.1. The van der Waals surface area contributed by atoms with Crippen LogP contribution in [0.4, 0.5) is 0 Å². The average Bonchev–Trinajstić information content (AvgIpc) is 3.15. The van der Waals surface area contributed by atoms with Gasteiger partial charge in [0.15, 0.2) is 0 Å². The van der Waals surface area contributed by atoms with Crippen molar-refractivity contribution in [3.05, 3.63) is 58.3 Å². The van der Waals surface area contributed by atoms with E-state index in [1.54, 1.807) is 11.0 Å². The Balaban J connectivity index is 1.77. The van der Waals surface area contributed by atoms with E-state index in [-0.39, 0.29) is 24.0 Å². The highest BCUT2D eigenvalue weighted by molar-refractivity contribution is 7.12. The number of amides is 2. The molecule has 0 radical (unpaired) electrons. The van der Waals surface area contributed by atoms with Crippen LogP contribution >= 0.6 is 11.3 Å². The molecule has 26 heavy (non-hydrogen) atoms. The van der Waals surface area contributed by atoms with E-state index < -0.39 is 6.04 Å². The molecule has 1 fully saturated rings. The van der Waals surface area contributed by atoms with Gasteiger partial charge in [-0.05, 0) is 30.9 Å². The number of carbonyl (C=O) groups excluding carboxylic acids is 2. The van der Waals surface area contributed by atoms with E-state index in [1.165, 1.54) is 11.3 Å². The monoisotopic (exact) mass is 372 g/mol. The van der Waals surface area contributed by atoms with Crippen molar-refractivity contribution in [3.8, 4) is 0 Å². The summed E-state index contributed by atoms with van der Waals surface area (Å²) < 4.78 is 5.72. The summed E-state index contributed by atoms with van der Waals surface area (Å²) in [6.45, 7) is 5.02. The molecule has 1 N–H and O–H groups in total. The normalized spacial score (nSPS) is 21.2. The van der Waals surface area contributed by atoms with E-state index >= 15 is 0 Å². The van der Waals surface area contributed by atoms with E-state index in [2.05, 4.69) is 5.32 Å². The number of hydrogen-bond donors (Lipinski definition) is 1. The predicted octanol–water partition coefficient (Wildman–Crippen LogP) is 2.73. The number of benzene rings is 1. The number of rotatable bonds is 5. The quantitative estimate of drug-likeness (QED) is 0.878. The SMILES string of the molecule is CC1CN(C(=O)C(Cc2ccccc2)NC(=O)c2cccs2)CC(C)O1. The summed E-state index contributed by atoms with van der Waals surface area (Å²) in [5.41, 5.74) is 1.02. The van der Waals surface area contributed by atoms with Gasteiger partial charge < -0.3 is 15.0 Å². The van der Waals surface area contributed by atoms with Crippen molar-refractivity contribution >= 4 is 23.2 Å². The van der Waals surface area contributed by atoms with Crippen LogP contribution in [0.15, 0.2) is 47.8 Å². The van der Waals surface area contributed by atoms with Gasteiger partial charge in [0.25, 0.3) is 5.91 Å². The van der Waals surface area contributed by atoms with Gasteiger partial charge in [-0.1, -0.05) is 36.4 Å². The Hall–Kier alpha value is -2.18. The molecule has 1 aromatic heterocycles. The third-order valence-electron chi connectivity index (χ3n) is 4.36. The predicted molar refractivity (Wildman–Crippen MR) is 102 cm³/mol. The number of morpholine rings is 1. The molecule has 5 nitrogen and oxygen atoms in total. The largest absolute Gasteiger partial charge is 0.372 e. The zero-order valence-corrected chi connectivity index (χ0v) is 15.9. The van der Waals surface area contributed by atoms with Gasteiger partial charge in [-0.25, -0.2) is 0 Å². The molecule has 1 aromatic carbocycles. The molecule has 0 saturated carbocycles. The number of carbonyl (C=O) groups is 2. The number of hydrogen-bond acceptors (Lipinski definition) is 4. The van der Waals surface area contributed by atoms with E-state index in [1.807, 2.05) is 55.6 Å². The van der Waals surface area contributed by atoms with Crippen molar-refractivity contribution in [2.75, 3.05) is 13.1 Å². The second-order valence-corrected chi connectivity index (χ2v) is 7.64. The molecule has 3 unspecified atom stereocenters. The van der Waals surface area contributed by atoms with E-state index in [0.717, 1.165) is 5.56 Å². The third-order valence-corrected chi connectivity index (χ3v) is 5.23. The maximum absolute atomic E-state index is 13.2. The average molecular weight is 372 g/mol. The summed E-state index contributed by atoms with van der Waals surface area (Å²) in [4.78, 5) is 28.1. The van der Waals surface area contributed by atoms with Gasteiger partial charge in [-0.2, -0.15) is 0 Å². The van der Waals surface area contributed by atoms with E-state index in [9.17, 15) is 9.59 Å². The zero-order valence-electron chi connectivity index (χ0n) is 15.1. The first-order valence-corrected chi connectivity index (χ1v) is 9.73. The molecule has 3 atom stereocenters. The van der Waals surface area contributed by atoms with Crippen LogP contribution in [0.3, 0.4) is 0 Å². The lowest BCUT2D eigenvalue weighted by molar-refractivity contribution is -0.145. The van der Waals surface area contributed by atoms with Crippen LogP contribution in [-0.4, -0.2) is 48.1 Å². The summed E-state index contributed by atoms with van der Waals surface area (Å²) in [6, 6.07) is 12.8. The first-order chi connectivity index (χ1) is 12.5. The third kappa shape index (κ3) is 4.71. The molecule has 2 heterocycles. The highest BCUT2D eigenvalue weighted by Gasteiger charge is 2.31. The van der Waals surface area contributed by atoms with Crippen LogP contribution in [0.5, 0.6) is 0 Å². The highest BCUT2D eigenvalue weighted by Crippen LogP contribution is 2.15. The van der Waals surface area contributed by atoms with Crippen molar-refractivity contribution in [1.29, 1.82) is 0 Å². The molecule has 2 amide bonds. The summed E-state index contributed by atoms with van der Waals surface area (Å²) >= 11 is 1.37. The fraction of sp³-hybridized carbons (Fsp3) is 0.400. The molecular weight excluding hydrogens is 348 g/mol. The second kappa shape index (κ2) is 8.47. The first kappa shape index (κ1) is 18.6. The minimum Gasteiger partial charge on any atom is -0.372 e. The number of ether oxygens (including phenoxy) is 1. The Morgan fingerprint density at radius 3 is 2.46 bits per heavy atom. The molecular formula is C20H24N2O3S. The molecule has 0 aliphatic carbocycles. The van der Waals surface area contributed by atoms with E-state index in [4.69, 9.17) is 4.74 Å². The van der Waals surface area contributed by atoms with Gasteiger partial charge in [0.05, 0.1) is 17.1 Å². The second-order valence-electron chi connectivity index (χ2n) is 6.69. The molecule has 0 bridgehead atoms. The van der Waals surface area contributed by atoms with Crippen LogP contribution in [0.1, 0.15) is 29.1 Å². The first-order valence-electron chi connectivity index (χ1n) is 8.85. The van der Waals surface area contributed by atoms with Crippen LogP contribution in [-0.2, 0) is 16.0 Å². The molecule has 3 rings (SSSR count). The Morgan fingerprint density at radius 1 is 1.15 bits per heavy atom. The minimum absolute atomic E-state index is 0.00641. The fourth-order valence-electron chi connectivity index (χ4n) is 3.27. The molecule has 138 valence electrons. The number of thiophene rings is 1. The van der Waals surface area contributed by atoms with Gasteiger partial charge >= 0.3 is 0 Å². The van der Waals surface area contributed by atoms with Crippen molar-refractivity contribution in [1.82, 2.24) is 10.2 Å². The lowest BCUT2D eigenvalue weighted by atomic mass is 10.0. The van der Waals surface area contributed by atoms with E-state index in [0.29, 0.717) is 24.4 Å². The van der Waals surface area contributed by atoms with Crippen LogP contribution in [0.2, 0.25) is 0 Å². The summed E-state index contributed by atoms with van der Waals surface area (Å²) in [6.07, 6.45) is 0.456. The minimum atomic E-state index is -0.593. The standard InChI is InChI=1S/C20H24N2O3S/c1-14-12-22(13-15(2)25-14)20(24)17(11-16-7-4-3-5-8-16)21-19(23)18-9-6-10-26-18/h3-10,14-15,17H,11-13H2,1-2H3,(H,21,23). The molecule has 2 aromatic rings. The fourth-order valence-corrected chi connectivity index (χ4v) is 3.89. The summed E-state index contributed by atoms with van der Waals surface area (Å²) in [5, 5.41) is 4.79. The van der Waals surface area contributed by atoms with Gasteiger partial charge in [0.2, 0.25) is 5.91 Å². The van der Waals surface area contributed by atoms with Crippen molar-refractivity contribution in [3.63, 3.8) is 0 Å². The van der Waals surface area contributed by atoms with Crippen LogP contribution in [0, 0.1) is 0 Å². The van der Waals surface area contributed by atoms with Gasteiger partial charge in [-0.3, -0.25) is 9.59 Å². The molecule has 1 aliphatic rings. The van der Waals surface area contributed by atoms with Crippen molar-refractivity contribution < 1.29 is 14.3 Å². The summed E-state index contributed by atoms with van der Waals surface area (Å²) in [7, 11) is 0. The number of nitrogens with one attached hydrogen (secondary N) is 1. The summed E-state index contributed by atoms with van der Waals surface area (Å²) in [5.74, 6) is -0.260. The van der Waals surface area contributed by atoms with Crippen LogP contribution < -0.4 is 5.32 Å². The van der Waals surface area contributed by atoms with Gasteiger partial charge in [0.1, 0.15) is 6.04 Å². The van der Waals surface area contributed by atoms with Crippen LogP contribution in [0.25, 0.3) is 0 Å². The Morgan fingerprint density at radius 2 is 1.85 bits per heavy atom. The number of nitrogens with zero attached hydrogens (tertiary/aromatic N) is 1. The lowest BCUT2D eigenvalue weighted by Crippen LogP contribution is -2.55. The zero-order chi connectivity index (χ0) is 18.5. The molecule has 1 saturated heterocycles. The molecule has 6 heteroatoms.